The molecule has 0 spiro atoms. The molecule has 0 radical (unpaired) electrons. The molecule has 0 saturated heterocycles. The highest BCUT2D eigenvalue weighted by molar-refractivity contribution is 9.10. The van der Waals surface area contributed by atoms with Gasteiger partial charge in [-0.1, -0.05) is 0 Å². The van der Waals surface area contributed by atoms with Crippen LogP contribution in [0.25, 0.3) is 0 Å². The lowest BCUT2D eigenvalue weighted by Gasteiger charge is -2.15. The number of methoxy groups -OCH3 is 1. The molecular formula is C13H18BrNO3. The molecule has 1 aromatic rings. The lowest BCUT2D eigenvalue weighted by molar-refractivity contribution is -0.143. The second-order valence-corrected chi connectivity index (χ2v) is 4.76. The lowest BCUT2D eigenvalue weighted by atomic mass is 10.2. The van der Waals surface area contributed by atoms with Crippen LogP contribution in [0.4, 0.5) is 5.69 Å². The highest BCUT2D eigenvalue weighted by atomic mass is 79.9. The summed E-state index contributed by atoms with van der Waals surface area (Å²) in [5.74, 6) is 0.587. The van der Waals surface area contributed by atoms with Crippen molar-refractivity contribution >= 4 is 27.6 Å². The summed E-state index contributed by atoms with van der Waals surface area (Å²) >= 11 is 3.42. The molecule has 100 valence electrons. The van der Waals surface area contributed by atoms with Gasteiger partial charge in [-0.15, -0.1) is 0 Å². The monoisotopic (exact) mass is 315 g/mol. The van der Waals surface area contributed by atoms with E-state index in [0.717, 1.165) is 15.9 Å². The first kappa shape index (κ1) is 14.8. The van der Waals surface area contributed by atoms with Crippen LogP contribution in [0.2, 0.25) is 0 Å². The molecule has 0 saturated carbocycles. The minimum absolute atomic E-state index is 0.0179. The topological polar surface area (TPSA) is 47.6 Å². The van der Waals surface area contributed by atoms with Crippen LogP contribution >= 0.6 is 15.9 Å². The quantitative estimate of drug-likeness (QED) is 0.819. The Hall–Kier alpha value is -1.23. The van der Waals surface area contributed by atoms with Crippen molar-refractivity contribution in [2.24, 2.45) is 0 Å². The summed E-state index contributed by atoms with van der Waals surface area (Å²) in [6, 6.07) is 5.71. The fourth-order valence-electron chi connectivity index (χ4n) is 1.56. The number of carbonyl (C=O) groups is 1. The van der Waals surface area contributed by atoms with E-state index in [9.17, 15) is 4.79 Å². The van der Waals surface area contributed by atoms with E-state index in [0.29, 0.717) is 13.0 Å². The van der Waals surface area contributed by atoms with E-state index in [4.69, 9.17) is 9.47 Å². The summed E-state index contributed by atoms with van der Waals surface area (Å²) in [6.45, 7) is 4.16. The van der Waals surface area contributed by atoms with E-state index in [1.54, 1.807) is 14.0 Å². The largest absolute Gasteiger partial charge is 0.496 e. The standard InChI is InChI=1S/C13H18BrNO3/c1-4-18-13(16)7-9(2)15-10-5-6-12(17-3)11(14)8-10/h5-6,8-9,15H,4,7H2,1-3H3. The summed E-state index contributed by atoms with van der Waals surface area (Å²) in [5, 5.41) is 3.24. The van der Waals surface area contributed by atoms with Crippen LogP contribution in [0.15, 0.2) is 22.7 Å². The molecule has 0 heterocycles. The maximum Gasteiger partial charge on any atom is 0.307 e. The van der Waals surface area contributed by atoms with Crippen LogP contribution in [0.3, 0.4) is 0 Å². The van der Waals surface area contributed by atoms with Crippen molar-refractivity contribution in [2.75, 3.05) is 19.0 Å². The molecule has 1 atom stereocenters. The fourth-order valence-corrected chi connectivity index (χ4v) is 2.10. The zero-order chi connectivity index (χ0) is 13.5. The average Bonchev–Trinajstić information content (AvgIpc) is 2.29. The number of nitrogens with one attached hydrogen (secondary N) is 1. The molecule has 0 bridgehead atoms. The van der Waals surface area contributed by atoms with E-state index in [-0.39, 0.29) is 12.0 Å². The van der Waals surface area contributed by atoms with Crippen LogP contribution in [0.1, 0.15) is 20.3 Å². The molecular weight excluding hydrogens is 298 g/mol. The van der Waals surface area contributed by atoms with Gasteiger partial charge in [-0.2, -0.15) is 0 Å². The molecule has 0 aliphatic heterocycles. The Kier molecular flexibility index (Phi) is 5.98. The van der Waals surface area contributed by atoms with Crippen molar-refractivity contribution in [3.63, 3.8) is 0 Å². The second kappa shape index (κ2) is 7.26. The number of rotatable bonds is 6. The number of ether oxygens (including phenoxy) is 2. The molecule has 1 unspecified atom stereocenters. The van der Waals surface area contributed by atoms with Crippen molar-refractivity contribution in [1.82, 2.24) is 0 Å². The normalized spacial score (nSPS) is 11.8. The fraction of sp³-hybridized carbons (Fsp3) is 0.462. The molecule has 1 rings (SSSR count). The molecule has 0 aliphatic rings. The minimum atomic E-state index is -0.190. The number of halogens is 1. The lowest BCUT2D eigenvalue weighted by Crippen LogP contribution is -2.21. The van der Waals surface area contributed by atoms with Gasteiger partial charge in [-0.3, -0.25) is 4.79 Å². The SMILES string of the molecule is CCOC(=O)CC(C)Nc1ccc(OC)c(Br)c1. The number of anilines is 1. The van der Waals surface area contributed by atoms with E-state index in [2.05, 4.69) is 21.2 Å². The Morgan fingerprint density at radius 1 is 1.50 bits per heavy atom. The molecule has 5 heteroatoms. The number of hydrogen-bond donors (Lipinski definition) is 1. The van der Waals surface area contributed by atoms with E-state index in [1.807, 2.05) is 25.1 Å². The van der Waals surface area contributed by atoms with E-state index in [1.165, 1.54) is 0 Å². The molecule has 0 aliphatic carbocycles. The van der Waals surface area contributed by atoms with Gasteiger partial charge in [0.2, 0.25) is 0 Å². The van der Waals surface area contributed by atoms with Gasteiger partial charge >= 0.3 is 5.97 Å². The van der Waals surface area contributed by atoms with Gasteiger partial charge in [0.05, 0.1) is 24.6 Å². The average molecular weight is 316 g/mol. The Bertz CT molecular complexity index is 409. The third-order valence-electron chi connectivity index (χ3n) is 2.34. The molecule has 0 fully saturated rings. The van der Waals surface area contributed by atoms with Crippen molar-refractivity contribution in [2.45, 2.75) is 26.3 Å². The summed E-state index contributed by atoms with van der Waals surface area (Å²) in [4.78, 5) is 11.3. The summed E-state index contributed by atoms with van der Waals surface area (Å²) < 4.78 is 10.9. The highest BCUT2D eigenvalue weighted by Crippen LogP contribution is 2.28. The van der Waals surface area contributed by atoms with E-state index < -0.39 is 0 Å². The zero-order valence-electron chi connectivity index (χ0n) is 10.8. The van der Waals surface area contributed by atoms with Crippen LogP contribution in [0.5, 0.6) is 5.75 Å². The Morgan fingerprint density at radius 2 is 2.22 bits per heavy atom. The molecule has 4 nitrogen and oxygen atoms in total. The maximum absolute atomic E-state index is 11.3. The van der Waals surface area contributed by atoms with Gasteiger partial charge in [0.15, 0.2) is 0 Å². The Morgan fingerprint density at radius 3 is 2.78 bits per heavy atom. The van der Waals surface area contributed by atoms with Gasteiger partial charge in [0, 0.05) is 11.7 Å². The van der Waals surface area contributed by atoms with Crippen molar-refractivity contribution in [3.05, 3.63) is 22.7 Å². The number of esters is 1. The summed E-state index contributed by atoms with van der Waals surface area (Å²) in [5.41, 5.74) is 0.930. The minimum Gasteiger partial charge on any atom is -0.496 e. The zero-order valence-corrected chi connectivity index (χ0v) is 12.4. The summed E-state index contributed by atoms with van der Waals surface area (Å²) in [7, 11) is 1.62. The third-order valence-corrected chi connectivity index (χ3v) is 2.96. The Labute approximate surface area is 116 Å². The molecule has 0 aromatic heterocycles. The van der Waals surface area contributed by atoms with Gasteiger partial charge in [0.25, 0.3) is 0 Å². The molecule has 0 amide bonds. The molecule has 18 heavy (non-hydrogen) atoms. The summed E-state index contributed by atoms with van der Waals surface area (Å²) in [6.07, 6.45) is 0.345. The predicted molar refractivity (Wildman–Crippen MR) is 75.0 cm³/mol. The van der Waals surface area contributed by atoms with Crippen LogP contribution in [-0.4, -0.2) is 25.7 Å². The van der Waals surface area contributed by atoms with Crippen LogP contribution in [-0.2, 0) is 9.53 Å². The first-order chi connectivity index (χ1) is 8.56. The van der Waals surface area contributed by atoms with Crippen molar-refractivity contribution in [1.29, 1.82) is 0 Å². The maximum atomic E-state index is 11.3. The van der Waals surface area contributed by atoms with Crippen LogP contribution < -0.4 is 10.1 Å². The first-order valence-electron chi connectivity index (χ1n) is 5.82. The second-order valence-electron chi connectivity index (χ2n) is 3.90. The van der Waals surface area contributed by atoms with E-state index >= 15 is 0 Å². The molecule has 1 N–H and O–H groups in total. The van der Waals surface area contributed by atoms with Crippen molar-refractivity contribution < 1.29 is 14.3 Å². The van der Waals surface area contributed by atoms with Gasteiger partial charge in [-0.05, 0) is 48.0 Å². The number of carbonyl (C=O) groups excluding carboxylic acids is 1. The number of benzene rings is 1. The third kappa shape index (κ3) is 4.56. The molecule has 1 aromatic carbocycles. The van der Waals surface area contributed by atoms with Gasteiger partial charge < -0.3 is 14.8 Å². The first-order valence-corrected chi connectivity index (χ1v) is 6.61. The predicted octanol–water partition coefficient (Wildman–Crippen LogP) is 3.21. The van der Waals surface area contributed by atoms with Crippen LogP contribution in [0, 0.1) is 0 Å². The van der Waals surface area contributed by atoms with Gasteiger partial charge in [-0.25, -0.2) is 0 Å². The van der Waals surface area contributed by atoms with Crippen molar-refractivity contribution in [3.8, 4) is 5.75 Å². The highest BCUT2D eigenvalue weighted by Gasteiger charge is 2.10. The Balaban J connectivity index is 2.56. The number of hydrogen-bond acceptors (Lipinski definition) is 4. The smallest absolute Gasteiger partial charge is 0.307 e. The van der Waals surface area contributed by atoms with Gasteiger partial charge in [0.1, 0.15) is 5.75 Å².